The number of halogens is 2. The van der Waals surface area contributed by atoms with Crippen LogP contribution in [0.4, 0.5) is 8.78 Å². The number of hydrogen-bond acceptors (Lipinski definition) is 3. The monoisotopic (exact) mass is 431 g/mol. The van der Waals surface area contributed by atoms with Gasteiger partial charge in [0.15, 0.2) is 23.1 Å². The minimum absolute atomic E-state index is 0.137. The zero-order valence-electron chi connectivity index (χ0n) is 19.0. The molecular formula is C26H35F2NO2. The highest BCUT2D eigenvalue weighted by Gasteiger charge is 2.41. The summed E-state index contributed by atoms with van der Waals surface area (Å²) in [5.74, 6) is 0.946. The van der Waals surface area contributed by atoms with Crippen LogP contribution in [0.3, 0.4) is 0 Å². The van der Waals surface area contributed by atoms with Gasteiger partial charge in [0.25, 0.3) is 0 Å². The average molecular weight is 432 g/mol. The second-order valence-corrected chi connectivity index (χ2v) is 9.42. The predicted octanol–water partition coefficient (Wildman–Crippen LogP) is 6.09. The molecule has 1 aliphatic rings. The van der Waals surface area contributed by atoms with E-state index in [0.717, 1.165) is 25.9 Å². The number of benzene rings is 2. The number of hydrogen-bond donors (Lipinski definition) is 1. The van der Waals surface area contributed by atoms with E-state index in [1.807, 2.05) is 0 Å². The summed E-state index contributed by atoms with van der Waals surface area (Å²) in [6.45, 7) is 10.1. The van der Waals surface area contributed by atoms with Crippen molar-refractivity contribution in [2.45, 2.75) is 52.7 Å². The standard InChI is InChI=1S/C26H35F2NO2/c1-17(2)13-25(30-23-11-7-5-9-21(23)27)19-15-29-16-20(19)26(14-18(3)4)31-24-12-8-6-10-22(24)28/h5-12,17-20,25-26,29H,13-16H2,1-4H3. The summed E-state index contributed by atoms with van der Waals surface area (Å²) in [5.41, 5.74) is 0. The smallest absolute Gasteiger partial charge is 0.165 e. The molecule has 5 heteroatoms. The van der Waals surface area contributed by atoms with E-state index in [9.17, 15) is 8.78 Å². The van der Waals surface area contributed by atoms with Crippen LogP contribution in [-0.4, -0.2) is 25.3 Å². The summed E-state index contributed by atoms with van der Waals surface area (Å²) < 4.78 is 41.2. The van der Waals surface area contributed by atoms with E-state index in [1.165, 1.54) is 12.1 Å². The lowest BCUT2D eigenvalue weighted by Gasteiger charge is -2.35. The molecular weight excluding hydrogens is 396 g/mol. The highest BCUT2D eigenvalue weighted by Crippen LogP contribution is 2.35. The molecule has 0 amide bonds. The Labute approximate surface area is 185 Å². The van der Waals surface area contributed by atoms with Gasteiger partial charge in [-0.05, 0) is 48.9 Å². The molecule has 1 aliphatic heterocycles. The van der Waals surface area contributed by atoms with Gasteiger partial charge in [-0.2, -0.15) is 0 Å². The summed E-state index contributed by atoms with van der Waals surface area (Å²) in [4.78, 5) is 0. The van der Waals surface area contributed by atoms with Gasteiger partial charge in [0.05, 0.1) is 0 Å². The van der Waals surface area contributed by atoms with Crippen LogP contribution in [0.15, 0.2) is 48.5 Å². The highest BCUT2D eigenvalue weighted by molar-refractivity contribution is 5.25. The minimum Gasteiger partial charge on any atom is -0.487 e. The minimum atomic E-state index is -0.347. The number of ether oxygens (including phenoxy) is 2. The molecule has 4 atom stereocenters. The van der Waals surface area contributed by atoms with Crippen molar-refractivity contribution in [3.05, 3.63) is 60.2 Å². The number of para-hydroxylation sites is 2. The summed E-state index contributed by atoms with van der Waals surface area (Å²) in [6, 6.07) is 13.1. The normalized spacial score (nSPS) is 20.8. The molecule has 1 fully saturated rings. The van der Waals surface area contributed by atoms with Crippen LogP contribution >= 0.6 is 0 Å². The summed E-state index contributed by atoms with van der Waals surface area (Å²) in [6.07, 6.45) is 1.31. The first-order chi connectivity index (χ1) is 14.8. The van der Waals surface area contributed by atoms with E-state index in [-0.39, 0.29) is 47.2 Å². The van der Waals surface area contributed by atoms with Crippen molar-refractivity contribution in [3.8, 4) is 11.5 Å². The molecule has 31 heavy (non-hydrogen) atoms. The Bertz CT molecular complexity index is 759. The Morgan fingerprint density at radius 3 is 1.48 bits per heavy atom. The molecule has 0 bridgehead atoms. The van der Waals surface area contributed by atoms with Crippen molar-refractivity contribution < 1.29 is 18.3 Å². The highest BCUT2D eigenvalue weighted by atomic mass is 19.1. The van der Waals surface area contributed by atoms with Gasteiger partial charge in [-0.3, -0.25) is 0 Å². The molecule has 0 aromatic heterocycles. The zero-order chi connectivity index (χ0) is 22.4. The molecule has 2 aromatic carbocycles. The van der Waals surface area contributed by atoms with Gasteiger partial charge >= 0.3 is 0 Å². The fourth-order valence-electron chi connectivity index (χ4n) is 4.49. The van der Waals surface area contributed by atoms with Crippen molar-refractivity contribution in [1.29, 1.82) is 0 Å². The first-order valence-corrected chi connectivity index (χ1v) is 11.4. The van der Waals surface area contributed by atoms with Crippen LogP contribution in [0.1, 0.15) is 40.5 Å². The lowest BCUT2D eigenvalue weighted by Crippen LogP contribution is -2.41. The van der Waals surface area contributed by atoms with Gasteiger partial charge in [-0.1, -0.05) is 52.0 Å². The van der Waals surface area contributed by atoms with Crippen LogP contribution in [0, 0.1) is 35.3 Å². The van der Waals surface area contributed by atoms with E-state index < -0.39 is 0 Å². The van der Waals surface area contributed by atoms with Gasteiger partial charge in [-0.15, -0.1) is 0 Å². The Hall–Kier alpha value is -2.14. The molecule has 3 rings (SSSR count). The third-order valence-corrected chi connectivity index (χ3v) is 5.90. The van der Waals surface area contributed by atoms with Crippen LogP contribution in [-0.2, 0) is 0 Å². The molecule has 4 unspecified atom stereocenters. The average Bonchev–Trinajstić information content (AvgIpc) is 3.19. The number of nitrogens with one attached hydrogen (secondary N) is 1. The van der Waals surface area contributed by atoms with Crippen LogP contribution < -0.4 is 14.8 Å². The van der Waals surface area contributed by atoms with Gasteiger partial charge in [0.1, 0.15) is 12.2 Å². The first-order valence-electron chi connectivity index (χ1n) is 11.4. The van der Waals surface area contributed by atoms with Gasteiger partial charge in [-0.25, -0.2) is 8.78 Å². The van der Waals surface area contributed by atoms with Gasteiger partial charge in [0.2, 0.25) is 0 Å². The number of rotatable bonds is 10. The zero-order valence-corrected chi connectivity index (χ0v) is 19.0. The maximum Gasteiger partial charge on any atom is 0.165 e. The summed E-state index contributed by atoms with van der Waals surface area (Å²) >= 11 is 0. The Balaban J connectivity index is 1.85. The molecule has 2 aromatic rings. The third-order valence-electron chi connectivity index (χ3n) is 5.90. The Kier molecular flexibility index (Phi) is 8.30. The molecule has 3 nitrogen and oxygen atoms in total. The lowest BCUT2D eigenvalue weighted by molar-refractivity contribution is 0.0345. The molecule has 1 heterocycles. The first kappa shape index (κ1) is 23.5. The lowest BCUT2D eigenvalue weighted by atomic mass is 9.81. The van der Waals surface area contributed by atoms with E-state index in [2.05, 4.69) is 33.0 Å². The quantitative estimate of drug-likeness (QED) is 0.494. The molecule has 170 valence electrons. The van der Waals surface area contributed by atoms with Crippen molar-refractivity contribution >= 4 is 0 Å². The van der Waals surface area contributed by atoms with E-state index in [4.69, 9.17) is 9.47 Å². The molecule has 0 spiro atoms. The van der Waals surface area contributed by atoms with Crippen molar-refractivity contribution in [2.24, 2.45) is 23.7 Å². The maximum atomic E-state index is 14.3. The summed E-state index contributed by atoms with van der Waals surface area (Å²) in [7, 11) is 0. The second kappa shape index (κ2) is 10.9. The van der Waals surface area contributed by atoms with Crippen molar-refractivity contribution in [2.75, 3.05) is 13.1 Å². The maximum absolute atomic E-state index is 14.3. The molecule has 0 saturated carbocycles. The van der Waals surface area contributed by atoms with E-state index >= 15 is 0 Å². The van der Waals surface area contributed by atoms with E-state index in [0.29, 0.717) is 11.8 Å². The fourth-order valence-corrected chi connectivity index (χ4v) is 4.49. The van der Waals surface area contributed by atoms with Crippen LogP contribution in [0.2, 0.25) is 0 Å². The molecule has 1 saturated heterocycles. The Morgan fingerprint density at radius 1 is 0.742 bits per heavy atom. The second-order valence-electron chi connectivity index (χ2n) is 9.42. The largest absolute Gasteiger partial charge is 0.487 e. The van der Waals surface area contributed by atoms with Crippen molar-refractivity contribution in [1.82, 2.24) is 5.32 Å². The predicted molar refractivity (Wildman–Crippen MR) is 120 cm³/mol. The third kappa shape index (κ3) is 6.42. The van der Waals surface area contributed by atoms with Crippen molar-refractivity contribution in [3.63, 3.8) is 0 Å². The van der Waals surface area contributed by atoms with Crippen LogP contribution in [0.5, 0.6) is 11.5 Å². The van der Waals surface area contributed by atoms with Crippen LogP contribution in [0.25, 0.3) is 0 Å². The van der Waals surface area contributed by atoms with Gasteiger partial charge in [0, 0.05) is 24.9 Å². The fraction of sp³-hybridized carbons (Fsp3) is 0.538. The molecule has 0 aliphatic carbocycles. The van der Waals surface area contributed by atoms with E-state index in [1.54, 1.807) is 36.4 Å². The molecule has 0 radical (unpaired) electrons. The Morgan fingerprint density at radius 2 is 1.13 bits per heavy atom. The molecule has 1 N–H and O–H groups in total. The van der Waals surface area contributed by atoms with Gasteiger partial charge < -0.3 is 14.8 Å². The summed E-state index contributed by atoms with van der Waals surface area (Å²) in [5, 5.41) is 3.48. The SMILES string of the molecule is CC(C)CC(Oc1ccccc1F)C1CNCC1C(CC(C)C)Oc1ccccc1F. The topological polar surface area (TPSA) is 30.5 Å².